The first-order valence-corrected chi connectivity index (χ1v) is 5.89. The monoisotopic (exact) mass is 248 g/mol. The Morgan fingerprint density at radius 2 is 1.78 bits per heavy atom. The molecule has 5 heteroatoms. The number of anilines is 1. The molecular formula is C13H16N2O3. The summed E-state index contributed by atoms with van der Waals surface area (Å²) in [4.78, 5) is 24.3. The summed E-state index contributed by atoms with van der Waals surface area (Å²) in [6.45, 7) is 2.13. The molecule has 1 aromatic rings. The number of carbonyl (C=O) groups is 2. The summed E-state index contributed by atoms with van der Waals surface area (Å²) in [6.07, 6.45) is 0.220. The number of hydrogen-bond donors (Lipinski definition) is 2. The Kier molecular flexibility index (Phi) is 3.62. The van der Waals surface area contributed by atoms with E-state index in [4.69, 9.17) is 0 Å². The van der Waals surface area contributed by atoms with Crippen LogP contribution in [0.2, 0.25) is 0 Å². The van der Waals surface area contributed by atoms with Crippen molar-refractivity contribution < 1.29 is 14.7 Å². The van der Waals surface area contributed by atoms with Crippen LogP contribution >= 0.6 is 0 Å². The van der Waals surface area contributed by atoms with Gasteiger partial charge in [-0.2, -0.15) is 0 Å². The van der Waals surface area contributed by atoms with Crippen LogP contribution in [-0.4, -0.2) is 36.1 Å². The van der Waals surface area contributed by atoms with Crippen molar-refractivity contribution in [1.29, 1.82) is 0 Å². The lowest BCUT2D eigenvalue weighted by molar-refractivity contribution is -0.130. The third-order valence-corrected chi connectivity index (χ3v) is 2.78. The zero-order chi connectivity index (χ0) is 13.1. The van der Waals surface area contributed by atoms with Crippen LogP contribution < -0.4 is 10.2 Å². The summed E-state index contributed by atoms with van der Waals surface area (Å²) in [5, 5.41) is 11.5. The topological polar surface area (TPSA) is 69.6 Å². The van der Waals surface area contributed by atoms with E-state index in [9.17, 15) is 14.7 Å². The highest BCUT2D eigenvalue weighted by Gasteiger charge is 2.22. The average Bonchev–Trinajstić information content (AvgIpc) is 2.27. The van der Waals surface area contributed by atoms with Gasteiger partial charge in [0.2, 0.25) is 11.8 Å². The van der Waals surface area contributed by atoms with E-state index in [1.54, 1.807) is 11.8 Å². The second kappa shape index (κ2) is 5.18. The minimum atomic E-state index is -0.377. The molecule has 1 saturated heterocycles. The Balaban J connectivity index is 2.09. The second-order valence-corrected chi connectivity index (χ2v) is 4.55. The van der Waals surface area contributed by atoms with E-state index < -0.39 is 0 Å². The number of rotatable bonds is 3. The zero-order valence-electron chi connectivity index (χ0n) is 10.2. The van der Waals surface area contributed by atoms with Gasteiger partial charge >= 0.3 is 0 Å². The van der Waals surface area contributed by atoms with Gasteiger partial charge in [0.15, 0.2) is 0 Å². The van der Waals surface area contributed by atoms with Crippen molar-refractivity contribution in [2.24, 2.45) is 0 Å². The molecule has 2 rings (SSSR count). The zero-order valence-corrected chi connectivity index (χ0v) is 10.2. The molecule has 5 nitrogen and oxygen atoms in total. The second-order valence-electron chi connectivity index (χ2n) is 4.55. The molecule has 0 saturated carbocycles. The van der Waals surface area contributed by atoms with Gasteiger partial charge in [0.1, 0.15) is 0 Å². The van der Waals surface area contributed by atoms with Gasteiger partial charge in [-0.25, -0.2) is 0 Å². The summed E-state index contributed by atoms with van der Waals surface area (Å²) < 4.78 is 0. The molecule has 1 atom stereocenters. The summed E-state index contributed by atoms with van der Waals surface area (Å²) in [7, 11) is 0. The van der Waals surface area contributed by atoms with Gasteiger partial charge in [0, 0.05) is 5.69 Å². The van der Waals surface area contributed by atoms with Crippen LogP contribution in [0.25, 0.3) is 0 Å². The van der Waals surface area contributed by atoms with Crippen LogP contribution in [0.4, 0.5) is 5.69 Å². The number of imide groups is 1. The molecule has 96 valence electrons. The number of nitrogens with one attached hydrogen (secondary N) is 1. The van der Waals surface area contributed by atoms with Gasteiger partial charge in [-0.15, -0.1) is 0 Å². The van der Waals surface area contributed by atoms with Crippen molar-refractivity contribution in [2.45, 2.75) is 19.4 Å². The summed E-state index contributed by atoms with van der Waals surface area (Å²) in [5.74, 6) is -0.557. The highest BCUT2D eigenvalue weighted by Crippen LogP contribution is 2.17. The Labute approximate surface area is 105 Å². The van der Waals surface area contributed by atoms with E-state index in [0.29, 0.717) is 6.42 Å². The van der Waals surface area contributed by atoms with Crippen LogP contribution in [-0.2, 0) is 16.0 Å². The summed E-state index contributed by atoms with van der Waals surface area (Å²) in [5.41, 5.74) is 1.87. The molecule has 0 radical (unpaired) electrons. The number of piperazine rings is 1. The number of hydrogen-bond acceptors (Lipinski definition) is 4. The molecular weight excluding hydrogens is 232 g/mol. The third kappa shape index (κ3) is 3.07. The van der Waals surface area contributed by atoms with Crippen LogP contribution in [0.1, 0.15) is 12.5 Å². The quantitative estimate of drug-likeness (QED) is 0.743. The highest BCUT2D eigenvalue weighted by molar-refractivity contribution is 6.02. The number of aliphatic hydroxyl groups is 1. The van der Waals surface area contributed by atoms with E-state index in [1.165, 1.54) is 0 Å². The Hall–Kier alpha value is -1.88. The fraction of sp³-hybridized carbons (Fsp3) is 0.385. The van der Waals surface area contributed by atoms with Gasteiger partial charge in [-0.1, -0.05) is 12.1 Å². The predicted octanol–water partition coefficient (Wildman–Crippen LogP) is 0.0727. The molecule has 0 aliphatic carbocycles. The summed E-state index contributed by atoms with van der Waals surface area (Å²) in [6, 6.07) is 7.53. The van der Waals surface area contributed by atoms with Crippen LogP contribution in [0.5, 0.6) is 0 Å². The SMILES string of the molecule is CC(O)Cc1ccc(N2CC(=O)NC(=O)C2)cc1. The predicted molar refractivity (Wildman–Crippen MR) is 67.2 cm³/mol. The molecule has 18 heavy (non-hydrogen) atoms. The molecule has 0 bridgehead atoms. The van der Waals surface area contributed by atoms with E-state index in [2.05, 4.69) is 5.32 Å². The molecule has 1 aromatic carbocycles. The van der Waals surface area contributed by atoms with Gasteiger partial charge in [-0.3, -0.25) is 14.9 Å². The van der Waals surface area contributed by atoms with Crippen molar-refractivity contribution in [3.8, 4) is 0 Å². The fourth-order valence-electron chi connectivity index (χ4n) is 2.00. The molecule has 1 heterocycles. The number of benzene rings is 1. The van der Waals surface area contributed by atoms with Gasteiger partial charge in [0.05, 0.1) is 19.2 Å². The molecule has 0 spiro atoms. The van der Waals surface area contributed by atoms with E-state index >= 15 is 0 Å². The normalized spacial score (nSPS) is 17.6. The standard InChI is InChI=1S/C13H16N2O3/c1-9(16)6-10-2-4-11(5-3-10)15-7-12(17)14-13(18)8-15/h2-5,9,16H,6-8H2,1H3,(H,14,17,18). The minimum Gasteiger partial charge on any atom is -0.393 e. The van der Waals surface area contributed by atoms with Crippen LogP contribution in [0.15, 0.2) is 24.3 Å². The smallest absolute Gasteiger partial charge is 0.246 e. The molecule has 1 unspecified atom stereocenters. The largest absolute Gasteiger partial charge is 0.393 e. The third-order valence-electron chi connectivity index (χ3n) is 2.78. The number of aliphatic hydroxyl groups excluding tert-OH is 1. The lowest BCUT2D eigenvalue weighted by Crippen LogP contribution is -2.51. The maximum absolute atomic E-state index is 11.3. The van der Waals surface area contributed by atoms with Gasteiger partial charge in [-0.05, 0) is 31.0 Å². The number of nitrogens with zero attached hydrogens (tertiary/aromatic N) is 1. The maximum atomic E-state index is 11.3. The van der Waals surface area contributed by atoms with Crippen molar-refractivity contribution in [3.63, 3.8) is 0 Å². The highest BCUT2D eigenvalue weighted by atomic mass is 16.3. The molecule has 2 N–H and O–H groups in total. The molecule has 1 aliphatic heterocycles. The number of carbonyl (C=O) groups excluding carboxylic acids is 2. The maximum Gasteiger partial charge on any atom is 0.246 e. The van der Waals surface area contributed by atoms with E-state index in [1.807, 2.05) is 24.3 Å². The lowest BCUT2D eigenvalue weighted by Gasteiger charge is -2.27. The van der Waals surface area contributed by atoms with Crippen molar-refractivity contribution >= 4 is 17.5 Å². The first-order valence-electron chi connectivity index (χ1n) is 5.89. The van der Waals surface area contributed by atoms with Crippen molar-refractivity contribution in [2.75, 3.05) is 18.0 Å². The minimum absolute atomic E-state index is 0.196. The number of amides is 2. The van der Waals surface area contributed by atoms with Gasteiger partial charge < -0.3 is 10.0 Å². The van der Waals surface area contributed by atoms with E-state index in [0.717, 1.165) is 11.3 Å². The summed E-state index contributed by atoms with van der Waals surface area (Å²) >= 11 is 0. The van der Waals surface area contributed by atoms with Crippen molar-refractivity contribution in [1.82, 2.24) is 5.32 Å². The first kappa shape index (κ1) is 12.6. The van der Waals surface area contributed by atoms with Gasteiger partial charge in [0.25, 0.3) is 0 Å². The molecule has 2 amide bonds. The van der Waals surface area contributed by atoms with Crippen LogP contribution in [0, 0.1) is 0 Å². The molecule has 1 fully saturated rings. The fourth-order valence-corrected chi connectivity index (χ4v) is 2.00. The molecule has 0 aromatic heterocycles. The first-order chi connectivity index (χ1) is 8.54. The molecule has 1 aliphatic rings. The Morgan fingerprint density at radius 1 is 1.22 bits per heavy atom. The van der Waals surface area contributed by atoms with E-state index in [-0.39, 0.29) is 31.0 Å². The Bertz CT molecular complexity index is 438. The lowest BCUT2D eigenvalue weighted by atomic mass is 10.1. The van der Waals surface area contributed by atoms with Crippen LogP contribution in [0.3, 0.4) is 0 Å². The van der Waals surface area contributed by atoms with Crippen molar-refractivity contribution in [3.05, 3.63) is 29.8 Å². The average molecular weight is 248 g/mol. The Morgan fingerprint density at radius 3 is 2.28 bits per heavy atom.